The number of halogens is 1. The first-order valence-corrected chi connectivity index (χ1v) is 8.34. The molecule has 5 nitrogen and oxygen atoms in total. The van der Waals surface area contributed by atoms with Crippen LogP contribution < -0.4 is 10.5 Å². The van der Waals surface area contributed by atoms with Gasteiger partial charge in [-0.15, -0.1) is 0 Å². The molecule has 7 heteroatoms. The molecule has 0 amide bonds. The number of benzene rings is 1. The fourth-order valence-corrected chi connectivity index (χ4v) is 3.03. The number of nitrogens with one attached hydrogen (secondary N) is 1. The van der Waals surface area contributed by atoms with Crippen molar-refractivity contribution < 1.29 is 13.2 Å². The van der Waals surface area contributed by atoms with Crippen molar-refractivity contribution in [2.45, 2.75) is 30.7 Å². The van der Waals surface area contributed by atoms with Crippen LogP contribution >= 0.6 is 11.6 Å². The fourth-order valence-electron chi connectivity index (χ4n) is 1.71. The summed E-state index contributed by atoms with van der Waals surface area (Å²) in [4.78, 5) is 0.194. The van der Waals surface area contributed by atoms with Gasteiger partial charge in [-0.2, -0.15) is 0 Å². The molecule has 20 heavy (non-hydrogen) atoms. The van der Waals surface area contributed by atoms with Crippen LogP contribution in [0.15, 0.2) is 23.1 Å². The van der Waals surface area contributed by atoms with Crippen LogP contribution in [0.3, 0.4) is 0 Å². The maximum absolute atomic E-state index is 12.1. The molecule has 0 aliphatic carbocycles. The van der Waals surface area contributed by atoms with E-state index in [1.807, 2.05) is 0 Å². The van der Waals surface area contributed by atoms with E-state index in [-0.39, 0.29) is 11.4 Å². The largest absolute Gasteiger partial charge is 0.385 e. The smallest absolute Gasteiger partial charge is 0.240 e. The van der Waals surface area contributed by atoms with Gasteiger partial charge in [0.1, 0.15) is 0 Å². The number of rotatable bonds is 9. The van der Waals surface area contributed by atoms with Crippen molar-refractivity contribution in [3.63, 3.8) is 0 Å². The van der Waals surface area contributed by atoms with Crippen molar-refractivity contribution in [1.29, 1.82) is 0 Å². The lowest BCUT2D eigenvalue weighted by atomic mass is 10.2. The Labute approximate surface area is 125 Å². The molecule has 0 bridgehead atoms. The van der Waals surface area contributed by atoms with Crippen LogP contribution in [0.5, 0.6) is 0 Å². The number of hydrogen-bond donors (Lipinski definition) is 2. The Kier molecular flexibility index (Phi) is 7.47. The monoisotopic (exact) mass is 320 g/mol. The van der Waals surface area contributed by atoms with Crippen LogP contribution in [0.4, 0.5) is 0 Å². The average Bonchev–Trinajstić information content (AvgIpc) is 2.43. The lowest BCUT2D eigenvalue weighted by Gasteiger charge is -2.09. The number of methoxy groups -OCH3 is 1. The molecule has 114 valence electrons. The van der Waals surface area contributed by atoms with Gasteiger partial charge in [-0.25, -0.2) is 13.1 Å². The number of sulfonamides is 1. The molecule has 0 saturated heterocycles. The molecule has 0 radical (unpaired) electrons. The van der Waals surface area contributed by atoms with Crippen LogP contribution in [0.1, 0.15) is 24.8 Å². The topological polar surface area (TPSA) is 81.4 Å². The SMILES string of the molecule is COCCCCCNS(=O)(=O)c1ccc(Cl)c(CN)c1. The van der Waals surface area contributed by atoms with Crippen molar-refractivity contribution in [3.05, 3.63) is 28.8 Å². The van der Waals surface area contributed by atoms with Gasteiger partial charge < -0.3 is 10.5 Å². The van der Waals surface area contributed by atoms with Gasteiger partial charge in [-0.3, -0.25) is 0 Å². The van der Waals surface area contributed by atoms with Crippen molar-refractivity contribution in [2.75, 3.05) is 20.3 Å². The van der Waals surface area contributed by atoms with Gasteiger partial charge in [0.05, 0.1) is 4.90 Å². The standard InChI is InChI=1S/C13H21ClN2O3S/c1-19-8-4-2-3-7-16-20(17,18)12-5-6-13(14)11(9-12)10-15/h5-6,9,16H,2-4,7-8,10,15H2,1H3. The van der Waals surface area contributed by atoms with Gasteiger partial charge in [0.2, 0.25) is 10.0 Å². The molecule has 0 unspecified atom stereocenters. The van der Waals surface area contributed by atoms with Crippen molar-refractivity contribution in [1.82, 2.24) is 4.72 Å². The van der Waals surface area contributed by atoms with Gasteiger partial charge in [0.15, 0.2) is 0 Å². The summed E-state index contributed by atoms with van der Waals surface area (Å²) in [6.07, 6.45) is 2.63. The number of unbranched alkanes of at least 4 members (excludes halogenated alkanes) is 2. The highest BCUT2D eigenvalue weighted by Crippen LogP contribution is 2.19. The predicted molar refractivity (Wildman–Crippen MR) is 80.3 cm³/mol. The molecular formula is C13H21ClN2O3S. The minimum absolute atomic E-state index is 0.194. The highest BCUT2D eigenvalue weighted by Gasteiger charge is 2.14. The first-order valence-electron chi connectivity index (χ1n) is 6.48. The Bertz CT molecular complexity index is 520. The molecule has 0 aliphatic rings. The van der Waals surface area contributed by atoms with E-state index in [0.29, 0.717) is 23.7 Å². The minimum Gasteiger partial charge on any atom is -0.385 e. The fraction of sp³-hybridized carbons (Fsp3) is 0.538. The lowest BCUT2D eigenvalue weighted by Crippen LogP contribution is -2.25. The van der Waals surface area contributed by atoms with Gasteiger partial charge in [0, 0.05) is 31.8 Å². The number of nitrogens with two attached hydrogens (primary N) is 1. The molecule has 0 aliphatic heterocycles. The molecular weight excluding hydrogens is 300 g/mol. The summed E-state index contributed by atoms with van der Waals surface area (Å²) in [5.41, 5.74) is 6.14. The lowest BCUT2D eigenvalue weighted by molar-refractivity contribution is 0.192. The maximum Gasteiger partial charge on any atom is 0.240 e. The third-order valence-electron chi connectivity index (χ3n) is 2.86. The van der Waals surface area contributed by atoms with Crippen LogP contribution in [0.25, 0.3) is 0 Å². The van der Waals surface area contributed by atoms with Crippen molar-refractivity contribution in [2.24, 2.45) is 5.73 Å². The average molecular weight is 321 g/mol. The van der Waals surface area contributed by atoms with Gasteiger partial charge >= 0.3 is 0 Å². The second kappa shape index (κ2) is 8.59. The Morgan fingerprint density at radius 3 is 2.70 bits per heavy atom. The summed E-state index contributed by atoms with van der Waals surface area (Å²) in [6, 6.07) is 4.54. The minimum atomic E-state index is -3.50. The zero-order chi connectivity index (χ0) is 15.0. The summed E-state index contributed by atoms with van der Waals surface area (Å²) in [6.45, 7) is 1.32. The third-order valence-corrected chi connectivity index (χ3v) is 4.69. The molecule has 0 heterocycles. The first-order chi connectivity index (χ1) is 9.51. The molecule has 0 spiro atoms. The van der Waals surface area contributed by atoms with Crippen LogP contribution in [0.2, 0.25) is 5.02 Å². The zero-order valence-corrected chi connectivity index (χ0v) is 13.1. The maximum atomic E-state index is 12.1. The Morgan fingerprint density at radius 1 is 1.30 bits per heavy atom. The van der Waals surface area contributed by atoms with Gasteiger partial charge in [0.25, 0.3) is 0 Å². The first kappa shape index (κ1) is 17.4. The highest BCUT2D eigenvalue weighted by atomic mass is 35.5. The summed E-state index contributed by atoms with van der Waals surface area (Å²) in [5.74, 6) is 0. The molecule has 1 aromatic carbocycles. The second-order valence-corrected chi connectivity index (χ2v) is 6.58. The van der Waals surface area contributed by atoms with Crippen molar-refractivity contribution in [3.8, 4) is 0 Å². The van der Waals surface area contributed by atoms with E-state index in [1.54, 1.807) is 13.2 Å². The van der Waals surface area contributed by atoms with E-state index in [2.05, 4.69) is 4.72 Å². The van der Waals surface area contributed by atoms with E-state index in [4.69, 9.17) is 22.1 Å². The third kappa shape index (κ3) is 5.38. The summed E-state index contributed by atoms with van der Waals surface area (Å²) in [7, 11) is -1.85. The summed E-state index contributed by atoms with van der Waals surface area (Å²) < 4.78 is 31.7. The highest BCUT2D eigenvalue weighted by molar-refractivity contribution is 7.89. The Hall–Kier alpha value is -0.660. The summed E-state index contributed by atoms with van der Waals surface area (Å²) in [5, 5.41) is 0.478. The molecule has 0 fully saturated rings. The number of ether oxygens (including phenoxy) is 1. The Morgan fingerprint density at radius 2 is 2.05 bits per heavy atom. The zero-order valence-electron chi connectivity index (χ0n) is 11.6. The van der Waals surface area contributed by atoms with Crippen LogP contribution in [-0.4, -0.2) is 28.7 Å². The molecule has 0 atom stereocenters. The van der Waals surface area contributed by atoms with E-state index < -0.39 is 10.0 Å². The van der Waals surface area contributed by atoms with Crippen LogP contribution in [0, 0.1) is 0 Å². The van der Waals surface area contributed by atoms with Crippen molar-refractivity contribution >= 4 is 21.6 Å². The normalized spacial score (nSPS) is 11.8. The molecule has 0 aromatic heterocycles. The second-order valence-electron chi connectivity index (χ2n) is 4.41. The van der Waals surface area contributed by atoms with E-state index in [1.165, 1.54) is 12.1 Å². The van der Waals surface area contributed by atoms with Gasteiger partial charge in [-0.05, 0) is 43.0 Å². The molecule has 0 saturated carbocycles. The van der Waals surface area contributed by atoms with E-state index in [0.717, 1.165) is 19.3 Å². The van der Waals surface area contributed by atoms with Gasteiger partial charge in [-0.1, -0.05) is 11.6 Å². The van der Waals surface area contributed by atoms with Crippen LogP contribution in [-0.2, 0) is 21.3 Å². The molecule has 1 aromatic rings. The summed E-state index contributed by atoms with van der Waals surface area (Å²) >= 11 is 5.91. The Balaban J connectivity index is 2.56. The predicted octanol–water partition coefficient (Wildman–Crippen LogP) is 1.89. The number of hydrogen-bond acceptors (Lipinski definition) is 4. The molecule has 1 rings (SSSR count). The molecule has 3 N–H and O–H groups in total. The van der Waals surface area contributed by atoms with E-state index in [9.17, 15) is 8.42 Å². The van der Waals surface area contributed by atoms with E-state index >= 15 is 0 Å². The quantitative estimate of drug-likeness (QED) is 0.681.